The van der Waals surface area contributed by atoms with Crippen LogP contribution in [0.3, 0.4) is 0 Å². The lowest BCUT2D eigenvalue weighted by atomic mass is 10.2. The Morgan fingerprint density at radius 2 is 0.500 bits per heavy atom. The largest absolute Gasteiger partial charge is 0.494 e. The quantitative estimate of drug-likeness (QED) is 0.0167. The molecule has 0 aliphatic carbocycles. The molecule has 21 heteroatoms. The first-order chi connectivity index (χ1) is 44.8. The minimum Gasteiger partial charge on any atom is -0.494 e. The molecule has 0 saturated heterocycles. The Morgan fingerprint density at radius 1 is 0.261 bits per heavy atom. The Balaban J connectivity index is 0.982. The second kappa shape index (κ2) is 52.5. The van der Waals surface area contributed by atoms with Crippen molar-refractivity contribution in [2.24, 2.45) is 0 Å². The molecule has 0 spiro atoms. The molecule has 3 rings (SSSR count). The fourth-order valence-electron chi connectivity index (χ4n) is 8.79. The van der Waals surface area contributed by atoms with E-state index in [1.165, 1.54) is 0 Å². The topological polar surface area (TPSA) is 272 Å². The van der Waals surface area contributed by atoms with Crippen molar-refractivity contribution < 1.29 is 100 Å². The number of ether oxygens (including phenoxy) is 11. The highest BCUT2D eigenvalue weighted by atomic mass is 16.6. The van der Waals surface area contributed by atoms with Gasteiger partial charge in [0, 0.05) is 51.0 Å². The van der Waals surface area contributed by atoms with Crippen molar-refractivity contribution in [2.45, 2.75) is 205 Å². The molecule has 0 aliphatic rings. The molecule has 0 atom stereocenters. The van der Waals surface area contributed by atoms with Gasteiger partial charge in [-0.05, 0) is 221 Å². The van der Waals surface area contributed by atoms with Gasteiger partial charge in [-0.2, -0.15) is 0 Å². The third-order valence-corrected chi connectivity index (χ3v) is 14.1. The lowest BCUT2D eigenvalue weighted by Gasteiger charge is -2.09. The molecule has 508 valence electrons. The lowest BCUT2D eigenvalue weighted by molar-refractivity contribution is -0.146. The van der Waals surface area contributed by atoms with Crippen molar-refractivity contribution in [2.75, 3.05) is 59.5 Å². The van der Waals surface area contributed by atoms with Crippen LogP contribution < -0.4 is 14.2 Å². The van der Waals surface area contributed by atoms with Crippen molar-refractivity contribution in [3.05, 3.63) is 103 Å². The van der Waals surface area contributed by atoms with E-state index in [1.807, 2.05) is 6.07 Å². The molecule has 0 fully saturated rings. The second-order valence-electron chi connectivity index (χ2n) is 22.0. The molecule has 0 amide bonds. The van der Waals surface area contributed by atoms with Gasteiger partial charge in [0.05, 0.1) is 70.6 Å². The third kappa shape index (κ3) is 42.8. The van der Waals surface area contributed by atoms with Crippen molar-refractivity contribution in [3.8, 4) is 17.2 Å². The Kier molecular flexibility index (Phi) is 44.6. The standard InChI is InChI=1S/C71H98O21/c1-2-62(72)83-49-24-6-15-33-64(74)85-51-26-8-17-35-66(76)87-53-28-10-19-37-68(78)89-55-30-12-21-39-69(79)90-56-29-11-20-38-67(77)88-54-27-9-18-36-65(75)86-52-25-7-16-34-63(73)84-50-23-4-3-22-48-82-59-42-40-58(41-43-59)71(81)92-61-46-44-60(45-47-61)91-70(80)57-31-13-5-14-32-57/h2,5,13-14,31-32,40-47H,1,3-4,6-12,15-30,33-39,48-56H2. The van der Waals surface area contributed by atoms with E-state index < -0.39 is 17.9 Å². The molecule has 0 aliphatic heterocycles. The maximum Gasteiger partial charge on any atom is 0.343 e. The van der Waals surface area contributed by atoms with Gasteiger partial charge in [-0.1, -0.05) is 24.8 Å². The average molecular weight is 1290 g/mol. The van der Waals surface area contributed by atoms with Gasteiger partial charge in [-0.15, -0.1) is 0 Å². The SMILES string of the molecule is C=CC(=O)OCCCCCC(=O)OCCCCCC(=O)OCCCCCC(=O)OCCCCCC(=O)OCCCCCC(=O)OCCCCCC(=O)OCCCCCC(=O)OCCCCCCOc1ccc(C(=O)Oc2ccc(OC(=O)c3ccccc3)cc2)cc1. The summed E-state index contributed by atoms with van der Waals surface area (Å²) >= 11 is 0. The van der Waals surface area contributed by atoms with E-state index >= 15 is 0 Å². The fraction of sp³-hybridized carbons (Fsp3) is 0.577. The Labute approximate surface area is 542 Å². The summed E-state index contributed by atoms with van der Waals surface area (Å²) in [6.45, 7) is 6.25. The second-order valence-corrected chi connectivity index (χ2v) is 22.0. The van der Waals surface area contributed by atoms with Gasteiger partial charge < -0.3 is 52.1 Å². The molecule has 0 saturated carbocycles. The van der Waals surface area contributed by atoms with Crippen LogP contribution in [0.5, 0.6) is 17.2 Å². The highest BCUT2D eigenvalue weighted by Crippen LogP contribution is 2.22. The Morgan fingerprint density at radius 3 is 0.783 bits per heavy atom. The molecule has 3 aromatic carbocycles. The number of hydrogen-bond donors (Lipinski definition) is 0. The molecule has 0 heterocycles. The van der Waals surface area contributed by atoms with Crippen LogP contribution in [-0.2, 0) is 76.3 Å². The number of esters is 10. The van der Waals surface area contributed by atoms with E-state index in [0.717, 1.165) is 76.7 Å². The van der Waals surface area contributed by atoms with E-state index in [0.29, 0.717) is 177 Å². The average Bonchev–Trinajstić information content (AvgIpc) is 2.32. The zero-order chi connectivity index (χ0) is 66.3. The van der Waals surface area contributed by atoms with Gasteiger partial charge in [0.2, 0.25) is 0 Å². The number of hydrogen-bond acceptors (Lipinski definition) is 21. The number of carbonyl (C=O) groups is 10. The Bertz CT molecular complexity index is 2580. The number of carbonyl (C=O) groups excluding carboxylic acids is 10. The molecular formula is C71H98O21. The summed E-state index contributed by atoms with van der Waals surface area (Å²) in [6, 6.07) is 21.5. The van der Waals surface area contributed by atoms with Gasteiger partial charge in [-0.25, -0.2) is 14.4 Å². The maximum absolute atomic E-state index is 12.7. The van der Waals surface area contributed by atoms with Crippen LogP contribution in [0.1, 0.15) is 226 Å². The Hall–Kier alpha value is -8.10. The summed E-state index contributed by atoms with van der Waals surface area (Å²) in [6.07, 6.45) is 20.7. The molecule has 0 bridgehead atoms. The highest BCUT2D eigenvalue weighted by molar-refractivity contribution is 5.92. The molecule has 0 aromatic heterocycles. The van der Waals surface area contributed by atoms with Crippen molar-refractivity contribution in [1.82, 2.24) is 0 Å². The summed E-state index contributed by atoms with van der Waals surface area (Å²) in [4.78, 5) is 120. The van der Waals surface area contributed by atoms with Crippen molar-refractivity contribution in [1.29, 1.82) is 0 Å². The maximum atomic E-state index is 12.7. The first-order valence-electron chi connectivity index (χ1n) is 33.0. The highest BCUT2D eigenvalue weighted by Gasteiger charge is 2.14. The predicted octanol–water partition coefficient (Wildman–Crippen LogP) is 13.5. The number of benzene rings is 3. The summed E-state index contributed by atoms with van der Waals surface area (Å²) < 4.78 is 58.6. The fourth-order valence-corrected chi connectivity index (χ4v) is 8.79. The van der Waals surface area contributed by atoms with Crippen LogP contribution in [0.4, 0.5) is 0 Å². The van der Waals surface area contributed by atoms with E-state index in [-0.39, 0.29) is 87.3 Å². The molecule has 3 aromatic rings. The van der Waals surface area contributed by atoms with Crippen LogP contribution in [0.25, 0.3) is 0 Å². The van der Waals surface area contributed by atoms with E-state index in [2.05, 4.69) is 6.58 Å². The summed E-state index contributed by atoms with van der Waals surface area (Å²) in [5.74, 6) is -2.10. The minimum atomic E-state index is -0.535. The smallest absolute Gasteiger partial charge is 0.343 e. The summed E-state index contributed by atoms with van der Waals surface area (Å²) in [5.41, 5.74) is 0.785. The van der Waals surface area contributed by atoms with Crippen molar-refractivity contribution >= 4 is 59.7 Å². The first-order valence-corrected chi connectivity index (χ1v) is 33.0. The molecule has 0 radical (unpaired) electrons. The third-order valence-electron chi connectivity index (χ3n) is 14.1. The first kappa shape index (κ1) is 78.1. The number of rotatable bonds is 55. The minimum absolute atomic E-state index is 0.240. The van der Waals surface area contributed by atoms with Crippen LogP contribution in [0.15, 0.2) is 91.5 Å². The van der Waals surface area contributed by atoms with Crippen molar-refractivity contribution in [3.63, 3.8) is 0 Å². The van der Waals surface area contributed by atoms with Crippen LogP contribution in [-0.4, -0.2) is 119 Å². The van der Waals surface area contributed by atoms with Crippen LogP contribution in [0, 0.1) is 0 Å². The van der Waals surface area contributed by atoms with Gasteiger partial charge in [-0.3, -0.25) is 33.6 Å². The van der Waals surface area contributed by atoms with E-state index in [4.69, 9.17) is 52.1 Å². The molecule has 21 nitrogen and oxygen atoms in total. The van der Waals surface area contributed by atoms with Gasteiger partial charge in [0.15, 0.2) is 0 Å². The number of unbranched alkanes of at least 4 members (excludes halogenated alkanes) is 17. The van der Waals surface area contributed by atoms with Crippen LogP contribution in [0.2, 0.25) is 0 Å². The molecule has 0 unspecified atom stereocenters. The molecule has 92 heavy (non-hydrogen) atoms. The zero-order valence-corrected chi connectivity index (χ0v) is 53.9. The summed E-state index contributed by atoms with van der Waals surface area (Å²) in [5, 5.41) is 0. The van der Waals surface area contributed by atoms with Gasteiger partial charge in [0.1, 0.15) is 17.2 Å². The van der Waals surface area contributed by atoms with Gasteiger partial charge in [0.25, 0.3) is 0 Å². The van der Waals surface area contributed by atoms with E-state index in [1.54, 1.807) is 72.8 Å². The molecular weight excluding hydrogens is 1190 g/mol. The molecule has 0 N–H and O–H groups in total. The summed E-state index contributed by atoms with van der Waals surface area (Å²) in [7, 11) is 0. The normalized spacial score (nSPS) is 10.7. The monoisotopic (exact) mass is 1290 g/mol. The van der Waals surface area contributed by atoms with E-state index in [9.17, 15) is 47.9 Å². The predicted molar refractivity (Wildman–Crippen MR) is 340 cm³/mol. The lowest BCUT2D eigenvalue weighted by Crippen LogP contribution is -2.09. The van der Waals surface area contributed by atoms with Crippen LogP contribution >= 0.6 is 0 Å². The van der Waals surface area contributed by atoms with Gasteiger partial charge >= 0.3 is 59.7 Å². The zero-order valence-electron chi connectivity index (χ0n) is 53.9.